The summed E-state index contributed by atoms with van der Waals surface area (Å²) >= 11 is 5.93. The molecule has 0 bridgehead atoms. The second-order valence-corrected chi connectivity index (χ2v) is 5.30. The van der Waals surface area contributed by atoms with Gasteiger partial charge in [0.15, 0.2) is 5.41 Å². The standard InChI is InChI=1S/C13H14ClF3N2O/c1-8-3-2-4-9(14)10(8)19-11(20)12(13(15,16)17)5-6-18-7-12/h2-4,18H,5-7H2,1H3,(H,19,20). The van der Waals surface area contributed by atoms with Gasteiger partial charge in [-0.1, -0.05) is 23.7 Å². The highest BCUT2D eigenvalue weighted by molar-refractivity contribution is 6.34. The SMILES string of the molecule is Cc1cccc(Cl)c1NC(=O)C1(C(F)(F)F)CCNC1. The van der Waals surface area contributed by atoms with Gasteiger partial charge in [0.1, 0.15) is 0 Å². The fourth-order valence-electron chi connectivity index (χ4n) is 2.28. The second kappa shape index (κ2) is 5.26. The molecule has 1 aromatic rings. The first-order valence-corrected chi connectivity index (χ1v) is 6.50. The molecule has 1 aliphatic heterocycles. The average Bonchev–Trinajstić information content (AvgIpc) is 2.83. The van der Waals surface area contributed by atoms with Gasteiger partial charge in [0, 0.05) is 6.54 Å². The quantitative estimate of drug-likeness (QED) is 0.881. The number of anilines is 1. The molecule has 0 radical (unpaired) electrons. The van der Waals surface area contributed by atoms with E-state index in [9.17, 15) is 18.0 Å². The summed E-state index contributed by atoms with van der Waals surface area (Å²) in [5.41, 5.74) is -1.54. The van der Waals surface area contributed by atoms with Crippen LogP contribution in [0.1, 0.15) is 12.0 Å². The van der Waals surface area contributed by atoms with E-state index in [0.29, 0.717) is 5.56 Å². The highest BCUT2D eigenvalue weighted by Crippen LogP contribution is 2.44. The molecule has 1 amide bonds. The monoisotopic (exact) mass is 306 g/mol. The van der Waals surface area contributed by atoms with Crippen molar-refractivity contribution < 1.29 is 18.0 Å². The Kier molecular flexibility index (Phi) is 3.97. The number of rotatable bonds is 2. The van der Waals surface area contributed by atoms with E-state index in [1.165, 1.54) is 6.07 Å². The molecule has 7 heteroatoms. The summed E-state index contributed by atoms with van der Waals surface area (Å²) in [5.74, 6) is -1.06. The number of para-hydroxylation sites is 1. The van der Waals surface area contributed by atoms with E-state index in [4.69, 9.17) is 11.6 Å². The van der Waals surface area contributed by atoms with Gasteiger partial charge in [-0.2, -0.15) is 13.2 Å². The normalized spacial score (nSPS) is 22.9. The maximum Gasteiger partial charge on any atom is 0.404 e. The average molecular weight is 307 g/mol. The predicted molar refractivity (Wildman–Crippen MR) is 70.8 cm³/mol. The van der Waals surface area contributed by atoms with Crippen molar-refractivity contribution in [3.8, 4) is 0 Å². The lowest BCUT2D eigenvalue weighted by Gasteiger charge is -2.29. The lowest BCUT2D eigenvalue weighted by molar-refractivity contribution is -0.213. The Balaban J connectivity index is 2.31. The van der Waals surface area contributed by atoms with Crippen molar-refractivity contribution in [1.82, 2.24) is 5.32 Å². The van der Waals surface area contributed by atoms with E-state index < -0.39 is 24.0 Å². The second-order valence-electron chi connectivity index (χ2n) is 4.89. The van der Waals surface area contributed by atoms with Crippen LogP contribution in [0, 0.1) is 12.3 Å². The minimum Gasteiger partial charge on any atom is -0.324 e. The first-order chi connectivity index (χ1) is 9.28. The summed E-state index contributed by atoms with van der Waals surface area (Å²) in [5, 5.41) is 5.16. The molecule has 1 saturated heterocycles. The minimum atomic E-state index is -4.60. The number of carbonyl (C=O) groups is 1. The fourth-order valence-corrected chi connectivity index (χ4v) is 2.55. The minimum absolute atomic E-state index is 0.161. The maximum absolute atomic E-state index is 13.2. The third kappa shape index (κ3) is 2.50. The van der Waals surface area contributed by atoms with Gasteiger partial charge in [-0.25, -0.2) is 0 Å². The Hall–Kier alpha value is -1.27. The van der Waals surface area contributed by atoms with Crippen LogP contribution in [0.25, 0.3) is 0 Å². The molecule has 1 aliphatic rings. The summed E-state index contributed by atoms with van der Waals surface area (Å²) in [4.78, 5) is 12.2. The van der Waals surface area contributed by atoms with Gasteiger partial charge in [0.25, 0.3) is 0 Å². The van der Waals surface area contributed by atoms with Crippen molar-refractivity contribution in [2.45, 2.75) is 19.5 Å². The van der Waals surface area contributed by atoms with Gasteiger partial charge in [-0.05, 0) is 31.5 Å². The third-order valence-electron chi connectivity index (χ3n) is 3.59. The van der Waals surface area contributed by atoms with Crippen molar-refractivity contribution in [2.24, 2.45) is 5.41 Å². The van der Waals surface area contributed by atoms with E-state index in [2.05, 4.69) is 10.6 Å². The Morgan fingerprint density at radius 1 is 1.45 bits per heavy atom. The topological polar surface area (TPSA) is 41.1 Å². The van der Waals surface area contributed by atoms with E-state index in [1.54, 1.807) is 19.1 Å². The number of alkyl halides is 3. The molecule has 1 aromatic carbocycles. The lowest BCUT2D eigenvalue weighted by Crippen LogP contribution is -2.49. The largest absolute Gasteiger partial charge is 0.404 e. The van der Waals surface area contributed by atoms with Gasteiger partial charge in [-0.15, -0.1) is 0 Å². The van der Waals surface area contributed by atoms with Gasteiger partial charge in [0.05, 0.1) is 10.7 Å². The molecule has 1 atom stereocenters. The predicted octanol–water partition coefficient (Wildman–Crippen LogP) is 3.13. The highest BCUT2D eigenvalue weighted by atomic mass is 35.5. The maximum atomic E-state index is 13.2. The summed E-state index contributed by atoms with van der Waals surface area (Å²) in [6.45, 7) is 1.43. The molecule has 0 saturated carbocycles. The Morgan fingerprint density at radius 3 is 2.65 bits per heavy atom. The molecule has 1 heterocycles. The number of carbonyl (C=O) groups excluding carboxylic acids is 1. The van der Waals surface area contributed by atoms with Crippen LogP contribution in [0.5, 0.6) is 0 Å². The smallest absolute Gasteiger partial charge is 0.324 e. The molecular formula is C13H14ClF3N2O. The van der Waals surface area contributed by atoms with Crippen LogP contribution in [0.2, 0.25) is 5.02 Å². The molecule has 0 aliphatic carbocycles. The fraction of sp³-hybridized carbons (Fsp3) is 0.462. The Bertz CT molecular complexity index is 505. The summed E-state index contributed by atoms with van der Waals surface area (Å²) in [6, 6.07) is 4.87. The van der Waals surface area contributed by atoms with Crippen LogP contribution in [0.15, 0.2) is 18.2 Å². The number of hydrogen-bond acceptors (Lipinski definition) is 2. The zero-order valence-corrected chi connectivity index (χ0v) is 11.5. The molecular weight excluding hydrogens is 293 g/mol. The van der Waals surface area contributed by atoms with Crippen LogP contribution in [-0.2, 0) is 4.79 Å². The van der Waals surface area contributed by atoms with Crippen LogP contribution in [0.4, 0.5) is 18.9 Å². The van der Waals surface area contributed by atoms with E-state index in [0.717, 1.165) is 0 Å². The van der Waals surface area contributed by atoms with Crippen molar-refractivity contribution >= 4 is 23.2 Å². The number of nitrogens with one attached hydrogen (secondary N) is 2. The van der Waals surface area contributed by atoms with Gasteiger partial charge in [-0.3, -0.25) is 4.79 Å². The molecule has 2 rings (SSSR count). The molecule has 0 aromatic heterocycles. The van der Waals surface area contributed by atoms with Crippen molar-refractivity contribution in [3.05, 3.63) is 28.8 Å². The number of aryl methyl sites for hydroxylation is 1. The number of hydrogen-bond donors (Lipinski definition) is 2. The van der Waals surface area contributed by atoms with Crippen LogP contribution in [0.3, 0.4) is 0 Å². The zero-order chi connectivity index (χ0) is 15.0. The van der Waals surface area contributed by atoms with Gasteiger partial charge >= 0.3 is 6.18 Å². The summed E-state index contributed by atoms with van der Waals surface area (Å²) in [7, 11) is 0. The molecule has 0 spiro atoms. The zero-order valence-electron chi connectivity index (χ0n) is 10.8. The van der Waals surface area contributed by atoms with Crippen molar-refractivity contribution in [1.29, 1.82) is 0 Å². The Labute approximate surface area is 119 Å². The molecule has 110 valence electrons. The molecule has 20 heavy (non-hydrogen) atoms. The molecule has 1 unspecified atom stereocenters. The third-order valence-corrected chi connectivity index (χ3v) is 3.91. The molecule has 3 nitrogen and oxygen atoms in total. The van der Waals surface area contributed by atoms with Crippen LogP contribution >= 0.6 is 11.6 Å². The van der Waals surface area contributed by atoms with E-state index in [-0.39, 0.29) is 23.7 Å². The van der Waals surface area contributed by atoms with Crippen molar-refractivity contribution in [3.63, 3.8) is 0 Å². The number of amides is 1. The summed E-state index contributed by atoms with van der Waals surface area (Å²) in [6.07, 6.45) is -4.87. The Morgan fingerprint density at radius 2 is 2.15 bits per heavy atom. The van der Waals surface area contributed by atoms with Gasteiger partial charge < -0.3 is 10.6 Å². The van der Waals surface area contributed by atoms with Crippen molar-refractivity contribution in [2.75, 3.05) is 18.4 Å². The van der Waals surface area contributed by atoms with Crippen LogP contribution in [-0.4, -0.2) is 25.2 Å². The van der Waals surface area contributed by atoms with Crippen LogP contribution < -0.4 is 10.6 Å². The first kappa shape index (κ1) is 15.1. The van der Waals surface area contributed by atoms with E-state index in [1.807, 2.05) is 0 Å². The highest BCUT2D eigenvalue weighted by Gasteiger charge is 2.61. The number of benzene rings is 1. The summed E-state index contributed by atoms with van der Waals surface area (Å²) < 4.78 is 39.7. The first-order valence-electron chi connectivity index (χ1n) is 6.12. The number of halogens is 4. The van der Waals surface area contributed by atoms with E-state index >= 15 is 0 Å². The van der Waals surface area contributed by atoms with Gasteiger partial charge in [0.2, 0.25) is 5.91 Å². The molecule has 2 N–H and O–H groups in total. The lowest BCUT2D eigenvalue weighted by atomic mass is 9.85. The molecule has 1 fully saturated rings.